The van der Waals surface area contributed by atoms with Crippen molar-refractivity contribution in [1.82, 2.24) is 19.8 Å². The maximum atomic E-state index is 4.03. The molecule has 0 aromatic carbocycles. The van der Waals surface area contributed by atoms with Crippen LogP contribution in [-0.4, -0.2) is 40.2 Å². The summed E-state index contributed by atoms with van der Waals surface area (Å²) in [7, 11) is 0. The Morgan fingerprint density at radius 2 is 2.24 bits per heavy atom. The summed E-state index contributed by atoms with van der Waals surface area (Å²) in [6.45, 7) is 6.74. The fourth-order valence-electron chi connectivity index (χ4n) is 2.27. The Labute approximate surface area is 113 Å². The molecule has 1 atom stereocenters. The molecule has 0 amide bonds. The Hall–Kier alpha value is -0.230. The van der Waals surface area contributed by atoms with Gasteiger partial charge in [0.2, 0.25) is 0 Å². The molecule has 0 aliphatic carbocycles. The number of likely N-dealkylation sites (tertiary alicyclic amines) is 1. The number of halogens is 1. The van der Waals surface area contributed by atoms with E-state index >= 15 is 0 Å². The van der Waals surface area contributed by atoms with Gasteiger partial charge in [0.15, 0.2) is 0 Å². The first-order valence-corrected chi connectivity index (χ1v) is 6.94. The van der Waals surface area contributed by atoms with Crippen molar-refractivity contribution in [3.63, 3.8) is 0 Å². The highest BCUT2D eigenvalue weighted by Crippen LogP contribution is 2.13. The van der Waals surface area contributed by atoms with Gasteiger partial charge in [-0.05, 0) is 43.9 Å². The Morgan fingerprint density at radius 3 is 2.82 bits per heavy atom. The number of hydrogen-bond acceptors (Lipinski definition) is 5. The minimum absolute atomic E-state index is 0. The maximum absolute atomic E-state index is 4.03. The number of hydrogen-bond donors (Lipinski definition) is 1. The predicted molar refractivity (Wildman–Crippen MR) is 73.7 cm³/mol. The number of rotatable bonds is 6. The normalized spacial score (nSPS) is 17.9. The molecule has 2 heterocycles. The third kappa shape index (κ3) is 4.50. The molecule has 1 aromatic rings. The number of nitrogens with zero attached hydrogens (tertiary/aromatic N) is 3. The minimum atomic E-state index is 0. The smallest absolute Gasteiger partial charge is 0.0893 e. The largest absolute Gasteiger partial charge is 0.310 e. The topological polar surface area (TPSA) is 41.1 Å². The molecule has 2 rings (SSSR count). The summed E-state index contributed by atoms with van der Waals surface area (Å²) in [6.07, 6.45) is 3.96. The summed E-state index contributed by atoms with van der Waals surface area (Å²) in [6, 6.07) is 0.689. The van der Waals surface area contributed by atoms with Gasteiger partial charge in [-0.15, -0.1) is 17.5 Å². The summed E-state index contributed by atoms with van der Waals surface area (Å²) >= 11 is 1.42. The second-order valence-electron chi connectivity index (χ2n) is 4.33. The van der Waals surface area contributed by atoms with Gasteiger partial charge in [-0.2, -0.15) is 0 Å². The van der Waals surface area contributed by atoms with E-state index in [9.17, 15) is 0 Å². The maximum Gasteiger partial charge on any atom is 0.0893 e. The summed E-state index contributed by atoms with van der Waals surface area (Å²) in [4.78, 5) is 2.60. The molecule has 6 heteroatoms. The Kier molecular flexibility index (Phi) is 6.96. The lowest BCUT2D eigenvalue weighted by molar-refractivity contribution is 0.229. The molecular formula is C11H21ClN4S. The summed E-state index contributed by atoms with van der Waals surface area (Å²) < 4.78 is 3.86. The van der Waals surface area contributed by atoms with Crippen LogP contribution in [0.5, 0.6) is 0 Å². The molecule has 0 bridgehead atoms. The SMILES string of the molecule is CCC(CNCc1csnn1)N1CCCC1.Cl. The summed E-state index contributed by atoms with van der Waals surface area (Å²) in [5.74, 6) is 0. The quantitative estimate of drug-likeness (QED) is 0.862. The second-order valence-corrected chi connectivity index (χ2v) is 4.94. The van der Waals surface area contributed by atoms with Crippen LogP contribution in [0, 0.1) is 0 Å². The van der Waals surface area contributed by atoms with E-state index in [2.05, 4.69) is 26.7 Å². The van der Waals surface area contributed by atoms with Crippen molar-refractivity contribution in [3.05, 3.63) is 11.1 Å². The number of nitrogens with one attached hydrogen (secondary N) is 1. The highest BCUT2D eigenvalue weighted by Gasteiger charge is 2.19. The minimum Gasteiger partial charge on any atom is -0.310 e. The first-order chi connectivity index (χ1) is 7.90. The molecule has 1 fully saturated rings. The molecule has 0 saturated carbocycles. The number of aromatic nitrogens is 2. The Morgan fingerprint density at radius 1 is 1.47 bits per heavy atom. The molecule has 1 aromatic heterocycles. The van der Waals surface area contributed by atoms with Gasteiger partial charge in [0.25, 0.3) is 0 Å². The van der Waals surface area contributed by atoms with E-state index in [1.807, 2.05) is 5.38 Å². The predicted octanol–water partition coefficient (Wildman–Crippen LogP) is 1.92. The van der Waals surface area contributed by atoms with Crippen LogP contribution in [0.1, 0.15) is 31.9 Å². The molecule has 17 heavy (non-hydrogen) atoms. The van der Waals surface area contributed by atoms with Gasteiger partial charge in [0.05, 0.1) is 5.69 Å². The molecule has 1 aliphatic heterocycles. The molecular weight excluding hydrogens is 256 g/mol. The lowest BCUT2D eigenvalue weighted by atomic mass is 10.2. The average Bonchev–Trinajstić information content (AvgIpc) is 2.96. The standard InChI is InChI=1S/C11H20N4S.ClH/c1-2-11(15-5-3-4-6-15)8-12-7-10-9-16-14-13-10;/h9,11-12H,2-8H2,1H3;1H. The van der Waals surface area contributed by atoms with Crippen LogP contribution in [-0.2, 0) is 6.54 Å². The summed E-state index contributed by atoms with van der Waals surface area (Å²) in [5.41, 5.74) is 1.06. The van der Waals surface area contributed by atoms with E-state index in [0.717, 1.165) is 18.8 Å². The van der Waals surface area contributed by atoms with E-state index in [4.69, 9.17) is 0 Å². The molecule has 0 radical (unpaired) electrons. The van der Waals surface area contributed by atoms with Gasteiger partial charge < -0.3 is 5.32 Å². The third-order valence-electron chi connectivity index (χ3n) is 3.22. The molecule has 1 N–H and O–H groups in total. The highest BCUT2D eigenvalue weighted by atomic mass is 35.5. The van der Waals surface area contributed by atoms with Crippen molar-refractivity contribution in [2.24, 2.45) is 0 Å². The van der Waals surface area contributed by atoms with Crippen molar-refractivity contribution in [2.45, 2.75) is 38.8 Å². The van der Waals surface area contributed by atoms with Gasteiger partial charge in [0, 0.05) is 24.5 Å². The van der Waals surface area contributed by atoms with Crippen LogP contribution in [0.25, 0.3) is 0 Å². The molecule has 4 nitrogen and oxygen atoms in total. The van der Waals surface area contributed by atoms with Gasteiger partial charge in [-0.1, -0.05) is 11.4 Å². The molecule has 1 unspecified atom stereocenters. The van der Waals surface area contributed by atoms with E-state index < -0.39 is 0 Å². The molecule has 0 spiro atoms. The zero-order valence-corrected chi connectivity index (χ0v) is 11.9. The fraction of sp³-hybridized carbons (Fsp3) is 0.818. The molecule has 1 saturated heterocycles. The van der Waals surface area contributed by atoms with Gasteiger partial charge >= 0.3 is 0 Å². The van der Waals surface area contributed by atoms with Gasteiger partial charge in [0.1, 0.15) is 0 Å². The highest BCUT2D eigenvalue weighted by molar-refractivity contribution is 7.03. The average molecular weight is 277 g/mol. The first-order valence-electron chi connectivity index (χ1n) is 6.11. The van der Waals surface area contributed by atoms with Crippen molar-refractivity contribution < 1.29 is 0 Å². The molecule has 1 aliphatic rings. The van der Waals surface area contributed by atoms with Crippen molar-refractivity contribution in [2.75, 3.05) is 19.6 Å². The second kappa shape index (κ2) is 7.97. The van der Waals surface area contributed by atoms with Crippen LogP contribution >= 0.6 is 23.9 Å². The van der Waals surface area contributed by atoms with Crippen LogP contribution in [0.3, 0.4) is 0 Å². The van der Waals surface area contributed by atoms with Crippen LogP contribution < -0.4 is 5.32 Å². The van der Waals surface area contributed by atoms with Crippen molar-refractivity contribution in [3.8, 4) is 0 Å². The van der Waals surface area contributed by atoms with Gasteiger partial charge in [-0.25, -0.2) is 0 Å². The van der Waals surface area contributed by atoms with E-state index in [1.165, 1.54) is 43.9 Å². The van der Waals surface area contributed by atoms with Gasteiger partial charge in [-0.3, -0.25) is 4.90 Å². The summed E-state index contributed by atoms with van der Waals surface area (Å²) in [5, 5.41) is 9.51. The lowest BCUT2D eigenvalue weighted by Gasteiger charge is -2.26. The lowest BCUT2D eigenvalue weighted by Crippen LogP contribution is -2.40. The monoisotopic (exact) mass is 276 g/mol. The Balaban J connectivity index is 0.00000144. The van der Waals surface area contributed by atoms with Crippen LogP contribution in [0.2, 0.25) is 0 Å². The van der Waals surface area contributed by atoms with E-state index in [0.29, 0.717) is 6.04 Å². The van der Waals surface area contributed by atoms with Crippen LogP contribution in [0.15, 0.2) is 5.38 Å². The third-order valence-corrected chi connectivity index (χ3v) is 3.77. The zero-order chi connectivity index (χ0) is 11.2. The first kappa shape index (κ1) is 14.8. The van der Waals surface area contributed by atoms with Crippen LogP contribution in [0.4, 0.5) is 0 Å². The molecule has 98 valence electrons. The zero-order valence-electron chi connectivity index (χ0n) is 10.3. The Bertz CT molecular complexity index is 288. The van der Waals surface area contributed by atoms with Crippen molar-refractivity contribution in [1.29, 1.82) is 0 Å². The fourth-order valence-corrected chi connectivity index (χ4v) is 2.72. The van der Waals surface area contributed by atoms with Crippen molar-refractivity contribution >= 4 is 23.9 Å². The van der Waals surface area contributed by atoms with E-state index in [1.54, 1.807) is 0 Å². The van der Waals surface area contributed by atoms with E-state index in [-0.39, 0.29) is 12.4 Å².